The van der Waals surface area contributed by atoms with E-state index >= 15 is 0 Å². The van der Waals surface area contributed by atoms with Gasteiger partial charge in [-0.2, -0.15) is 0 Å². The smallest absolute Gasteiger partial charge is 0.0207 e. The van der Waals surface area contributed by atoms with E-state index in [1.165, 1.54) is 26.7 Å². The summed E-state index contributed by atoms with van der Waals surface area (Å²) in [6, 6.07) is 15.3. The van der Waals surface area contributed by atoms with Crippen molar-refractivity contribution < 1.29 is 0 Å². The van der Waals surface area contributed by atoms with E-state index in [-0.39, 0.29) is 0 Å². The minimum atomic E-state index is 0.999. The van der Waals surface area contributed by atoms with E-state index in [2.05, 4.69) is 72.2 Å². The summed E-state index contributed by atoms with van der Waals surface area (Å²) in [5.74, 6) is 0. The minimum absolute atomic E-state index is 0.999. The number of aryl methyl sites for hydroxylation is 2. The quantitative estimate of drug-likeness (QED) is 0.748. The SMILES string of the molecule is Cc1ccc(Cc2ccc(C)c(Br)c2)cc1. The zero-order valence-corrected chi connectivity index (χ0v) is 11.2. The summed E-state index contributed by atoms with van der Waals surface area (Å²) in [6.45, 7) is 4.23. The van der Waals surface area contributed by atoms with E-state index < -0.39 is 0 Å². The van der Waals surface area contributed by atoms with Gasteiger partial charge in [0.05, 0.1) is 0 Å². The fourth-order valence-electron chi connectivity index (χ4n) is 1.69. The minimum Gasteiger partial charge on any atom is -0.0590 e. The lowest BCUT2D eigenvalue weighted by atomic mass is 10.0. The van der Waals surface area contributed by atoms with Crippen molar-refractivity contribution in [3.05, 3.63) is 69.2 Å². The molecule has 2 aromatic rings. The lowest BCUT2D eigenvalue weighted by molar-refractivity contribution is 1.17. The van der Waals surface area contributed by atoms with Gasteiger partial charge < -0.3 is 0 Å². The molecule has 0 unspecified atom stereocenters. The first-order chi connectivity index (χ1) is 7.65. The van der Waals surface area contributed by atoms with Crippen molar-refractivity contribution in [1.29, 1.82) is 0 Å². The molecule has 0 radical (unpaired) electrons. The second kappa shape index (κ2) is 4.84. The molecule has 0 N–H and O–H groups in total. The fraction of sp³-hybridized carbons (Fsp3) is 0.200. The van der Waals surface area contributed by atoms with Gasteiger partial charge in [-0.05, 0) is 43.0 Å². The van der Waals surface area contributed by atoms with Gasteiger partial charge in [-0.15, -0.1) is 0 Å². The second-order valence-corrected chi connectivity index (χ2v) is 5.10. The Morgan fingerprint density at radius 2 is 1.50 bits per heavy atom. The molecule has 0 bridgehead atoms. The van der Waals surface area contributed by atoms with E-state index in [0.717, 1.165) is 6.42 Å². The fourth-order valence-corrected chi connectivity index (χ4v) is 2.11. The monoisotopic (exact) mass is 274 g/mol. The molecule has 0 aromatic heterocycles. The molecule has 0 saturated heterocycles. The van der Waals surface area contributed by atoms with Crippen molar-refractivity contribution >= 4 is 15.9 Å². The Balaban J connectivity index is 2.20. The van der Waals surface area contributed by atoms with Crippen LogP contribution in [0.5, 0.6) is 0 Å². The first-order valence-corrected chi connectivity index (χ1v) is 6.25. The van der Waals surface area contributed by atoms with Crippen LogP contribution in [0.4, 0.5) is 0 Å². The van der Waals surface area contributed by atoms with Gasteiger partial charge in [0.1, 0.15) is 0 Å². The Kier molecular flexibility index (Phi) is 3.45. The van der Waals surface area contributed by atoms with Gasteiger partial charge in [0.25, 0.3) is 0 Å². The maximum atomic E-state index is 3.57. The lowest BCUT2D eigenvalue weighted by Crippen LogP contribution is -1.89. The second-order valence-electron chi connectivity index (χ2n) is 4.25. The third-order valence-corrected chi connectivity index (χ3v) is 3.62. The van der Waals surface area contributed by atoms with Gasteiger partial charge in [0, 0.05) is 4.47 Å². The van der Waals surface area contributed by atoms with E-state index in [0.29, 0.717) is 0 Å². The Bertz CT molecular complexity index is 483. The zero-order valence-electron chi connectivity index (χ0n) is 9.63. The van der Waals surface area contributed by atoms with Crippen LogP contribution in [-0.4, -0.2) is 0 Å². The highest BCUT2D eigenvalue weighted by molar-refractivity contribution is 9.10. The molecule has 2 aromatic carbocycles. The lowest BCUT2D eigenvalue weighted by Gasteiger charge is -2.05. The Morgan fingerprint density at radius 1 is 0.875 bits per heavy atom. The van der Waals surface area contributed by atoms with Gasteiger partial charge in [0.15, 0.2) is 0 Å². The first-order valence-electron chi connectivity index (χ1n) is 5.46. The average Bonchev–Trinajstić information content (AvgIpc) is 2.27. The molecule has 0 aliphatic heterocycles. The van der Waals surface area contributed by atoms with Crippen molar-refractivity contribution in [2.45, 2.75) is 20.3 Å². The van der Waals surface area contributed by atoms with Gasteiger partial charge >= 0.3 is 0 Å². The van der Waals surface area contributed by atoms with E-state index in [1.54, 1.807) is 0 Å². The molecule has 0 atom stereocenters. The van der Waals surface area contributed by atoms with Crippen LogP contribution in [0.2, 0.25) is 0 Å². The van der Waals surface area contributed by atoms with Crippen molar-refractivity contribution in [3.8, 4) is 0 Å². The van der Waals surface area contributed by atoms with Crippen LogP contribution in [0.3, 0.4) is 0 Å². The summed E-state index contributed by atoms with van der Waals surface area (Å²) in [6.07, 6.45) is 0.999. The van der Waals surface area contributed by atoms with Crippen molar-refractivity contribution in [1.82, 2.24) is 0 Å². The largest absolute Gasteiger partial charge is 0.0590 e. The topological polar surface area (TPSA) is 0 Å². The van der Waals surface area contributed by atoms with Crippen LogP contribution in [0.1, 0.15) is 22.3 Å². The summed E-state index contributed by atoms with van der Waals surface area (Å²) in [5.41, 5.74) is 5.31. The van der Waals surface area contributed by atoms with Gasteiger partial charge in [-0.1, -0.05) is 57.9 Å². The number of hydrogen-bond acceptors (Lipinski definition) is 0. The number of rotatable bonds is 2. The molecule has 82 valence electrons. The molecular weight excluding hydrogens is 260 g/mol. The highest BCUT2D eigenvalue weighted by Crippen LogP contribution is 2.19. The number of halogens is 1. The average molecular weight is 275 g/mol. The summed E-state index contributed by atoms with van der Waals surface area (Å²) < 4.78 is 1.19. The number of hydrogen-bond donors (Lipinski definition) is 0. The molecule has 0 amide bonds. The molecule has 0 heterocycles. The van der Waals surface area contributed by atoms with Crippen LogP contribution in [-0.2, 0) is 6.42 Å². The molecule has 0 fully saturated rings. The molecule has 0 aliphatic rings. The molecule has 0 aliphatic carbocycles. The third kappa shape index (κ3) is 2.73. The normalized spacial score (nSPS) is 10.4. The van der Waals surface area contributed by atoms with Crippen molar-refractivity contribution in [2.75, 3.05) is 0 Å². The van der Waals surface area contributed by atoms with Crippen molar-refractivity contribution in [2.24, 2.45) is 0 Å². The highest BCUT2D eigenvalue weighted by atomic mass is 79.9. The Morgan fingerprint density at radius 3 is 2.12 bits per heavy atom. The van der Waals surface area contributed by atoms with Gasteiger partial charge in [0.2, 0.25) is 0 Å². The third-order valence-electron chi connectivity index (χ3n) is 2.77. The maximum absolute atomic E-state index is 3.57. The van der Waals surface area contributed by atoms with Crippen LogP contribution < -0.4 is 0 Å². The first kappa shape index (κ1) is 11.4. The molecule has 0 saturated carbocycles. The Hall–Kier alpha value is -1.08. The van der Waals surface area contributed by atoms with Gasteiger partial charge in [-0.25, -0.2) is 0 Å². The predicted molar refractivity (Wildman–Crippen MR) is 72.9 cm³/mol. The van der Waals surface area contributed by atoms with E-state index in [1.807, 2.05) is 0 Å². The van der Waals surface area contributed by atoms with Crippen LogP contribution >= 0.6 is 15.9 Å². The molecule has 0 nitrogen and oxygen atoms in total. The molecule has 0 spiro atoms. The van der Waals surface area contributed by atoms with Crippen LogP contribution in [0.15, 0.2) is 46.9 Å². The Labute approximate surface area is 105 Å². The summed E-state index contributed by atoms with van der Waals surface area (Å²) in [4.78, 5) is 0. The van der Waals surface area contributed by atoms with E-state index in [9.17, 15) is 0 Å². The van der Waals surface area contributed by atoms with Crippen molar-refractivity contribution in [3.63, 3.8) is 0 Å². The van der Waals surface area contributed by atoms with E-state index in [4.69, 9.17) is 0 Å². The standard InChI is InChI=1S/C15H15Br/c1-11-3-6-13(7-4-11)9-14-8-5-12(2)15(16)10-14/h3-8,10H,9H2,1-2H3. The summed E-state index contributed by atoms with van der Waals surface area (Å²) in [7, 11) is 0. The molecule has 2 rings (SSSR count). The van der Waals surface area contributed by atoms with Crippen LogP contribution in [0.25, 0.3) is 0 Å². The zero-order chi connectivity index (χ0) is 11.5. The maximum Gasteiger partial charge on any atom is 0.0207 e. The molecular formula is C15H15Br. The van der Waals surface area contributed by atoms with Crippen LogP contribution in [0, 0.1) is 13.8 Å². The summed E-state index contributed by atoms with van der Waals surface area (Å²) in [5, 5.41) is 0. The molecule has 1 heteroatoms. The van der Waals surface area contributed by atoms with Gasteiger partial charge in [-0.3, -0.25) is 0 Å². The summed E-state index contributed by atoms with van der Waals surface area (Å²) >= 11 is 3.57. The number of benzene rings is 2. The highest BCUT2D eigenvalue weighted by Gasteiger charge is 1.99. The molecule has 16 heavy (non-hydrogen) atoms. The predicted octanol–water partition coefficient (Wildman–Crippen LogP) is 4.66.